The summed E-state index contributed by atoms with van der Waals surface area (Å²) < 4.78 is 2.23. The molecule has 1 aromatic rings. The van der Waals surface area contributed by atoms with Crippen molar-refractivity contribution >= 4 is 37.5 Å². The molecule has 1 heterocycles. The Hall–Kier alpha value is -0.0600. The minimum absolute atomic E-state index is 1.08. The third kappa shape index (κ3) is 2.30. The first kappa shape index (κ1) is 10.5. The minimum atomic E-state index is 1.08. The molecule has 0 bridgehead atoms. The number of benzene rings is 1. The van der Waals surface area contributed by atoms with E-state index in [2.05, 4.69) is 60.3 Å². The zero-order valence-corrected chi connectivity index (χ0v) is 10.9. The van der Waals surface area contributed by atoms with Gasteiger partial charge in [-0.05, 0) is 50.1 Å². The van der Waals surface area contributed by atoms with Gasteiger partial charge in [0, 0.05) is 40.8 Å². The molecule has 76 valence electrons. The summed E-state index contributed by atoms with van der Waals surface area (Å²) in [4.78, 5) is 2.40. The molecule has 0 radical (unpaired) electrons. The van der Waals surface area contributed by atoms with Crippen molar-refractivity contribution in [3.8, 4) is 0 Å². The van der Waals surface area contributed by atoms with E-state index in [0.717, 1.165) is 35.1 Å². The lowest BCUT2D eigenvalue weighted by Crippen LogP contribution is -2.43. The summed E-state index contributed by atoms with van der Waals surface area (Å²) in [6, 6.07) is 6.40. The Morgan fingerprint density at radius 3 is 2.43 bits per heavy atom. The minimum Gasteiger partial charge on any atom is -0.369 e. The zero-order chi connectivity index (χ0) is 9.97. The number of hydrogen-bond donors (Lipinski definition) is 1. The maximum atomic E-state index is 3.52. The van der Waals surface area contributed by atoms with Gasteiger partial charge in [0.1, 0.15) is 0 Å². The molecule has 2 nitrogen and oxygen atoms in total. The van der Waals surface area contributed by atoms with Crippen molar-refractivity contribution in [2.24, 2.45) is 0 Å². The van der Waals surface area contributed by atoms with Crippen molar-refractivity contribution in [2.45, 2.75) is 0 Å². The van der Waals surface area contributed by atoms with Gasteiger partial charge in [-0.2, -0.15) is 0 Å². The van der Waals surface area contributed by atoms with E-state index in [1.807, 2.05) is 0 Å². The molecule has 0 spiro atoms. The van der Waals surface area contributed by atoms with Crippen LogP contribution < -0.4 is 10.2 Å². The summed E-state index contributed by atoms with van der Waals surface area (Å²) >= 11 is 7.00. The molecule has 0 aromatic heterocycles. The second-order valence-electron chi connectivity index (χ2n) is 3.34. The van der Waals surface area contributed by atoms with Gasteiger partial charge in [0.15, 0.2) is 0 Å². The van der Waals surface area contributed by atoms with Crippen LogP contribution in [0.1, 0.15) is 0 Å². The second-order valence-corrected chi connectivity index (χ2v) is 5.04. The van der Waals surface area contributed by atoms with Gasteiger partial charge in [-0.1, -0.05) is 0 Å². The molecule has 1 aliphatic heterocycles. The molecule has 1 aliphatic rings. The molecule has 1 N–H and O–H groups in total. The molecular formula is C10H12Br2N2. The number of nitrogens with zero attached hydrogens (tertiary/aromatic N) is 1. The van der Waals surface area contributed by atoms with Crippen LogP contribution in [-0.4, -0.2) is 26.2 Å². The summed E-state index contributed by atoms with van der Waals surface area (Å²) in [6.07, 6.45) is 0. The quantitative estimate of drug-likeness (QED) is 0.856. The predicted octanol–water partition coefficient (Wildman–Crippen LogP) is 2.62. The Morgan fingerprint density at radius 1 is 1.07 bits per heavy atom. The largest absolute Gasteiger partial charge is 0.369 e. The van der Waals surface area contributed by atoms with Crippen LogP contribution in [0.2, 0.25) is 0 Å². The fourth-order valence-electron chi connectivity index (χ4n) is 1.60. The molecule has 0 unspecified atom stereocenters. The third-order valence-corrected chi connectivity index (χ3v) is 4.26. The van der Waals surface area contributed by atoms with E-state index in [-0.39, 0.29) is 0 Å². The normalized spacial score (nSPS) is 17.1. The van der Waals surface area contributed by atoms with Gasteiger partial charge in [0.05, 0.1) is 0 Å². The number of rotatable bonds is 1. The van der Waals surface area contributed by atoms with Crippen LogP contribution in [0.4, 0.5) is 5.69 Å². The number of hydrogen-bond acceptors (Lipinski definition) is 2. The molecule has 0 aliphatic carbocycles. The fraction of sp³-hybridized carbons (Fsp3) is 0.400. The molecule has 1 aromatic carbocycles. The van der Waals surface area contributed by atoms with E-state index < -0.39 is 0 Å². The van der Waals surface area contributed by atoms with Crippen molar-refractivity contribution in [2.75, 3.05) is 31.1 Å². The number of anilines is 1. The lowest BCUT2D eigenvalue weighted by molar-refractivity contribution is 0.589. The molecule has 1 fully saturated rings. The zero-order valence-electron chi connectivity index (χ0n) is 7.76. The molecule has 4 heteroatoms. The molecule has 14 heavy (non-hydrogen) atoms. The van der Waals surface area contributed by atoms with Crippen LogP contribution in [0.25, 0.3) is 0 Å². The van der Waals surface area contributed by atoms with Gasteiger partial charge in [0.2, 0.25) is 0 Å². The lowest BCUT2D eigenvalue weighted by Gasteiger charge is -2.29. The molecule has 1 saturated heterocycles. The first-order chi connectivity index (χ1) is 6.77. The van der Waals surface area contributed by atoms with Gasteiger partial charge in [-0.3, -0.25) is 0 Å². The van der Waals surface area contributed by atoms with Crippen LogP contribution in [0.15, 0.2) is 27.1 Å². The van der Waals surface area contributed by atoms with Crippen molar-refractivity contribution < 1.29 is 0 Å². The van der Waals surface area contributed by atoms with Crippen molar-refractivity contribution in [3.63, 3.8) is 0 Å². The Kier molecular flexibility index (Phi) is 3.47. The van der Waals surface area contributed by atoms with Crippen molar-refractivity contribution in [1.82, 2.24) is 5.32 Å². The van der Waals surface area contributed by atoms with Crippen LogP contribution in [0.5, 0.6) is 0 Å². The van der Waals surface area contributed by atoms with E-state index in [1.165, 1.54) is 5.69 Å². The summed E-state index contributed by atoms with van der Waals surface area (Å²) in [5.41, 5.74) is 1.29. The predicted molar refractivity (Wildman–Crippen MR) is 66.9 cm³/mol. The Balaban J connectivity index is 2.18. The van der Waals surface area contributed by atoms with E-state index in [9.17, 15) is 0 Å². The highest BCUT2D eigenvalue weighted by Gasteiger charge is 2.10. The summed E-state index contributed by atoms with van der Waals surface area (Å²) in [6.45, 7) is 4.34. The van der Waals surface area contributed by atoms with Gasteiger partial charge >= 0.3 is 0 Å². The van der Waals surface area contributed by atoms with Crippen LogP contribution in [-0.2, 0) is 0 Å². The standard InChI is InChI=1S/C10H12Br2N2/c11-9-2-1-8(7-10(9)12)14-5-3-13-4-6-14/h1-2,7,13H,3-6H2. The lowest BCUT2D eigenvalue weighted by atomic mass is 10.2. The Morgan fingerprint density at radius 2 is 1.79 bits per heavy atom. The highest BCUT2D eigenvalue weighted by Crippen LogP contribution is 2.27. The van der Waals surface area contributed by atoms with Crippen LogP contribution >= 0.6 is 31.9 Å². The van der Waals surface area contributed by atoms with E-state index >= 15 is 0 Å². The number of nitrogens with one attached hydrogen (secondary N) is 1. The van der Waals surface area contributed by atoms with Gasteiger partial charge in [-0.25, -0.2) is 0 Å². The number of piperazine rings is 1. The Bertz CT molecular complexity index is 322. The SMILES string of the molecule is Brc1ccc(N2CCNCC2)cc1Br. The van der Waals surface area contributed by atoms with E-state index in [4.69, 9.17) is 0 Å². The Labute approximate surface area is 101 Å². The molecule has 0 saturated carbocycles. The van der Waals surface area contributed by atoms with Crippen LogP contribution in [0, 0.1) is 0 Å². The summed E-state index contributed by atoms with van der Waals surface area (Å²) in [7, 11) is 0. The van der Waals surface area contributed by atoms with Gasteiger partial charge in [-0.15, -0.1) is 0 Å². The highest BCUT2D eigenvalue weighted by atomic mass is 79.9. The smallest absolute Gasteiger partial charge is 0.0379 e. The summed E-state index contributed by atoms with van der Waals surface area (Å²) in [5, 5.41) is 3.35. The van der Waals surface area contributed by atoms with Crippen LogP contribution in [0.3, 0.4) is 0 Å². The first-order valence-electron chi connectivity index (χ1n) is 4.68. The molecular weight excluding hydrogens is 308 g/mol. The van der Waals surface area contributed by atoms with Gasteiger partial charge in [0.25, 0.3) is 0 Å². The topological polar surface area (TPSA) is 15.3 Å². The molecule has 2 rings (SSSR count). The monoisotopic (exact) mass is 318 g/mol. The van der Waals surface area contributed by atoms with Gasteiger partial charge < -0.3 is 10.2 Å². The fourth-order valence-corrected chi connectivity index (χ4v) is 2.22. The van der Waals surface area contributed by atoms with Crippen molar-refractivity contribution in [1.29, 1.82) is 0 Å². The highest BCUT2D eigenvalue weighted by molar-refractivity contribution is 9.13. The number of halogens is 2. The summed E-state index contributed by atoms with van der Waals surface area (Å²) in [5.74, 6) is 0. The molecule has 0 atom stereocenters. The van der Waals surface area contributed by atoms with E-state index in [0.29, 0.717) is 0 Å². The van der Waals surface area contributed by atoms with Crippen molar-refractivity contribution in [3.05, 3.63) is 27.1 Å². The maximum Gasteiger partial charge on any atom is 0.0379 e. The maximum absolute atomic E-state index is 3.52. The average Bonchev–Trinajstić information content (AvgIpc) is 2.23. The third-order valence-electron chi connectivity index (χ3n) is 2.39. The molecule has 0 amide bonds. The second kappa shape index (κ2) is 4.64. The average molecular weight is 320 g/mol. The van der Waals surface area contributed by atoms with E-state index in [1.54, 1.807) is 0 Å². The first-order valence-corrected chi connectivity index (χ1v) is 6.27.